The first-order valence-corrected chi connectivity index (χ1v) is 10.2. The summed E-state index contributed by atoms with van der Waals surface area (Å²) in [7, 11) is 0. The third-order valence-electron chi connectivity index (χ3n) is 5.58. The van der Waals surface area contributed by atoms with E-state index in [0.717, 1.165) is 40.9 Å². The van der Waals surface area contributed by atoms with Crippen molar-refractivity contribution in [3.8, 4) is 16.9 Å². The summed E-state index contributed by atoms with van der Waals surface area (Å²) >= 11 is 0. The van der Waals surface area contributed by atoms with Crippen LogP contribution in [0.5, 0.6) is 5.75 Å². The predicted molar refractivity (Wildman–Crippen MR) is 112 cm³/mol. The zero-order valence-corrected chi connectivity index (χ0v) is 16.7. The third-order valence-corrected chi connectivity index (χ3v) is 5.58. The maximum atomic E-state index is 14.0. The highest BCUT2D eigenvalue weighted by atomic mass is 19.1. The summed E-state index contributed by atoms with van der Waals surface area (Å²) in [5.41, 5.74) is 3.30. The Morgan fingerprint density at radius 2 is 2.10 bits per heavy atom. The molecule has 1 aliphatic carbocycles. The van der Waals surface area contributed by atoms with Crippen molar-refractivity contribution < 1.29 is 9.13 Å². The number of nitrogens with one attached hydrogen (secondary N) is 2. The van der Waals surface area contributed by atoms with Crippen LogP contribution in [0.25, 0.3) is 16.8 Å². The fourth-order valence-corrected chi connectivity index (χ4v) is 4.00. The van der Waals surface area contributed by atoms with Gasteiger partial charge in [-0.2, -0.15) is 10.2 Å². The summed E-state index contributed by atoms with van der Waals surface area (Å²) in [4.78, 5) is 4.73. The second-order valence-corrected chi connectivity index (χ2v) is 7.70. The molecule has 2 N–H and O–H groups in total. The second kappa shape index (κ2) is 7.78. The average Bonchev–Trinajstić information content (AvgIpc) is 3.50. The zero-order chi connectivity index (χ0) is 20.5. The second-order valence-electron chi connectivity index (χ2n) is 7.70. The Hall–Kier alpha value is -3.42. The molecule has 4 aromatic rings. The van der Waals surface area contributed by atoms with Crippen molar-refractivity contribution in [2.75, 3.05) is 5.32 Å². The van der Waals surface area contributed by atoms with Gasteiger partial charge in [0.15, 0.2) is 5.65 Å². The molecule has 0 amide bonds. The van der Waals surface area contributed by atoms with Crippen LogP contribution in [-0.2, 0) is 0 Å². The van der Waals surface area contributed by atoms with Crippen molar-refractivity contribution in [3.63, 3.8) is 0 Å². The van der Waals surface area contributed by atoms with E-state index in [9.17, 15) is 4.39 Å². The summed E-state index contributed by atoms with van der Waals surface area (Å²) in [6, 6.07) is 6.38. The van der Waals surface area contributed by atoms with Gasteiger partial charge in [-0.05, 0) is 56.9 Å². The molecular formula is C22H23FN6O. The number of hydrogen-bond acceptors (Lipinski definition) is 5. The number of aromatic amines is 1. The van der Waals surface area contributed by atoms with Gasteiger partial charge in [0.05, 0.1) is 24.5 Å². The lowest BCUT2D eigenvalue weighted by atomic mass is 10.1. The van der Waals surface area contributed by atoms with Crippen molar-refractivity contribution in [2.45, 2.75) is 44.8 Å². The predicted octanol–water partition coefficient (Wildman–Crippen LogP) is 4.75. The van der Waals surface area contributed by atoms with E-state index in [2.05, 4.69) is 20.6 Å². The van der Waals surface area contributed by atoms with E-state index in [0.29, 0.717) is 5.82 Å². The molecule has 0 spiro atoms. The Morgan fingerprint density at radius 1 is 1.23 bits per heavy atom. The van der Waals surface area contributed by atoms with Gasteiger partial charge in [-0.25, -0.2) is 13.9 Å². The van der Waals surface area contributed by atoms with Crippen LogP contribution in [0.3, 0.4) is 0 Å². The standard InChI is InChI=1S/C22H23FN6O/c1-14(18-10-16(23)6-7-20(18)30-17-4-2-3-5-17)27-21-8-9-29-22(28-21)19(13-26-29)15-11-24-25-12-15/h6-14,17H,2-5H2,1H3,(H,24,25)(H,27,28). The number of aromatic nitrogens is 5. The molecule has 1 aromatic carbocycles. The molecule has 154 valence electrons. The lowest BCUT2D eigenvalue weighted by Crippen LogP contribution is -2.15. The average molecular weight is 406 g/mol. The molecule has 8 heteroatoms. The number of ether oxygens (including phenoxy) is 1. The Bertz CT molecular complexity index is 1150. The maximum Gasteiger partial charge on any atom is 0.165 e. The molecule has 0 bridgehead atoms. The van der Waals surface area contributed by atoms with Gasteiger partial charge in [0, 0.05) is 29.1 Å². The summed E-state index contributed by atoms with van der Waals surface area (Å²) in [5.74, 6) is 1.13. The molecule has 1 unspecified atom stereocenters. The molecule has 0 radical (unpaired) electrons. The summed E-state index contributed by atoms with van der Waals surface area (Å²) in [6.45, 7) is 1.98. The van der Waals surface area contributed by atoms with Crippen molar-refractivity contribution in [1.82, 2.24) is 24.8 Å². The number of halogens is 1. The topological polar surface area (TPSA) is 80.1 Å². The maximum absolute atomic E-state index is 14.0. The molecule has 1 saturated carbocycles. The van der Waals surface area contributed by atoms with E-state index >= 15 is 0 Å². The van der Waals surface area contributed by atoms with E-state index in [1.165, 1.54) is 25.0 Å². The van der Waals surface area contributed by atoms with Crippen LogP contribution in [0, 0.1) is 5.82 Å². The smallest absolute Gasteiger partial charge is 0.165 e. The SMILES string of the molecule is CC(Nc1ccn2ncc(-c3cn[nH]c3)c2n1)c1cc(F)ccc1OC1CCCC1. The molecule has 30 heavy (non-hydrogen) atoms. The van der Waals surface area contributed by atoms with E-state index in [1.54, 1.807) is 29.2 Å². The van der Waals surface area contributed by atoms with Crippen molar-refractivity contribution in [2.24, 2.45) is 0 Å². The lowest BCUT2D eigenvalue weighted by molar-refractivity contribution is 0.207. The number of fused-ring (bicyclic) bond motifs is 1. The Balaban J connectivity index is 1.42. The van der Waals surface area contributed by atoms with Crippen LogP contribution in [0.1, 0.15) is 44.2 Å². The number of rotatable bonds is 6. The number of H-pyrrole nitrogens is 1. The third kappa shape index (κ3) is 3.60. The molecule has 3 aromatic heterocycles. The minimum absolute atomic E-state index is 0.188. The van der Waals surface area contributed by atoms with Gasteiger partial charge < -0.3 is 10.1 Å². The minimum Gasteiger partial charge on any atom is -0.490 e. The van der Waals surface area contributed by atoms with Gasteiger partial charge in [-0.3, -0.25) is 5.10 Å². The Morgan fingerprint density at radius 3 is 2.90 bits per heavy atom. The monoisotopic (exact) mass is 406 g/mol. The number of anilines is 1. The first kappa shape index (κ1) is 18.6. The fourth-order valence-electron chi connectivity index (χ4n) is 4.00. The van der Waals surface area contributed by atoms with Gasteiger partial charge in [-0.1, -0.05) is 0 Å². The highest BCUT2D eigenvalue weighted by Gasteiger charge is 2.21. The van der Waals surface area contributed by atoms with Crippen LogP contribution >= 0.6 is 0 Å². The van der Waals surface area contributed by atoms with Crippen LogP contribution in [0.2, 0.25) is 0 Å². The molecule has 0 saturated heterocycles. The fraction of sp³-hybridized carbons (Fsp3) is 0.318. The lowest BCUT2D eigenvalue weighted by Gasteiger charge is -2.21. The summed E-state index contributed by atoms with van der Waals surface area (Å²) in [6.07, 6.45) is 11.8. The Kier molecular flexibility index (Phi) is 4.82. The molecule has 3 heterocycles. The van der Waals surface area contributed by atoms with Crippen LogP contribution in [-0.4, -0.2) is 30.9 Å². The first-order valence-electron chi connectivity index (χ1n) is 10.2. The molecule has 1 fully saturated rings. The number of nitrogens with zero attached hydrogens (tertiary/aromatic N) is 4. The van der Waals surface area contributed by atoms with E-state index in [1.807, 2.05) is 19.2 Å². The molecule has 7 nitrogen and oxygen atoms in total. The van der Waals surface area contributed by atoms with Crippen molar-refractivity contribution >= 4 is 11.5 Å². The van der Waals surface area contributed by atoms with E-state index in [4.69, 9.17) is 9.72 Å². The summed E-state index contributed by atoms with van der Waals surface area (Å²) < 4.78 is 21.9. The molecule has 1 aliphatic rings. The van der Waals surface area contributed by atoms with Gasteiger partial charge in [0.25, 0.3) is 0 Å². The van der Waals surface area contributed by atoms with Gasteiger partial charge in [0.2, 0.25) is 0 Å². The van der Waals surface area contributed by atoms with Crippen molar-refractivity contribution in [3.05, 3.63) is 60.4 Å². The van der Waals surface area contributed by atoms with Gasteiger partial charge in [-0.15, -0.1) is 0 Å². The normalized spacial score (nSPS) is 15.5. The largest absolute Gasteiger partial charge is 0.490 e. The molecular weight excluding hydrogens is 383 g/mol. The summed E-state index contributed by atoms with van der Waals surface area (Å²) in [5, 5.41) is 14.5. The molecule has 5 rings (SSSR count). The number of benzene rings is 1. The quantitative estimate of drug-likeness (QED) is 0.483. The van der Waals surface area contributed by atoms with Gasteiger partial charge in [0.1, 0.15) is 17.4 Å². The van der Waals surface area contributed by atoms with E-state index in [-0.39, 0.29) is 18.0 Å². The van der Waals surface area contributed by atoms with Crippen molar-refractivity contribution in [1.29, 1.82) is 0 Å². The minimum atomic E-state index is -0.279. The molecule has 1 atom stereocenters. The van der Waals surface area contributed by atoms with Crippen LogP contribution < -0.4 is 10.1 Å². The van der Waals surface area contributed by atoms with Crippen LogP contribution in [0.15, 0.2) is 49.1 Å². The van der Waals surface area contributed by atoms with Gasteiger partial charge >= 0.3 is 0 Å². The Labute approximate surface area is 173 Å². The number of hydrogen-bond donors (Lipinski definition) is 2. The molecule has 0 aliphatic heterocycles. The van der Waals surface area contributed by atoms with Crippen LogP contribution in [0.4, 0.5) is 10.2 Å². The zero-order valence-electron chi connectivity index (χ0n) is 16.7. The first-order chi connectivity index (χ1) is 14.7. The van der Waals surface area contributed by atoms with E-state index < -0.39 is 0 Å². The highest BCUT2D eigenvalue weighted by molar-refractivity contribution is 5.76. The highest BCUT2D eigenvalue weighted by Crippen LogP contribution is 2.32.